The first-order chi connectivity index (χ1) is 15.2. The standard InChI is InChI=1S/C24H22FN3O4/c1-3-24(31)16-6-19-21-14(8-28(19)22(29)15(16)9-32-23(24)30)13-5-11(26)4-12-10(2)17(25)7-18(27-21)20(12)13/h6-7,11,31H,3-5,8-9,26H2,1-2H3/t11?,24-/m0/s1. The Balaban J connectivity index is 1.68. The molecule has 2 aromatic heterocycles. The molecule has 6 rings (SSSR count). The van der Waals surface area contributed by atoms with E-state index in [1.54, 1.807) is 24.5 Å². The highest BCUT2D eigenvalue weighted by atomic mass is 19.1. The highest BCUT2D eigenvalue weighted by Gasteiger charge is 2.45. The van der Waals surface area contributed by atoms with Gasteiger partial charge in [0.05, 0.1) is 29.0 Å². The third-order valence-electron chi connectivity index (χ3n) is 7.35. The van der Waals surface area contributed by atoms with Crippen molar-refractivity contribution in [2.24, 2.45) is 5.73 Å². The average molecular weight is 435 g/mol. The number of pyridine rings is 2. The van der Waals surface area contributed by atoms with Gasteiger partial charge in [0, 0.05) is 28.6 Å². The van der Waals surface area contributed by atoms with Crippen LogP contribution in [-0.4, -0.2) is 26.7 Å². The van der Waals surface area contributed by atoms with Crippen LogP contribution in [0.25, 0.3) is 22.3 Å². The molecular weight excluding hydrogens is 413 g/mol. The molecule has 0 radical (unpaired) electrons. The van der Waals surface area contributed by atoms with Gasteiger partial charge >= 0.3 is 5.97 Å². The summed E-state index contributed by atoms with van der Waals surface area (Å²) in [5.74, 6) is -1.09. The minimum absolute atomic E-state index is 0.0771. The zero-order chi connectivity index (χ0) is 22.5. The van der Waals surface area contributed by atoms with Crippen molar-refractivity contribution >= 4 is 16.9 Å². The maximum atomic E-state index is 14.7. The molecule has 164 valence electrons. The molecule has 0 saturated carbocycles. The molecule has 32 heavy (non-hydrogen) atoms. The van der Waals surface area contributed by atoms with E-state index in [4.69, 9.17) is 15.5 Å². The van der Waals surface area contributed by atoms with Crippen LogP contribution in [0.3, 0.4) is 0 Å². The number of carbonyl (C=O) groups is 1. The van der Waals surface area contributed by atoms with Crippen LogP contribution in [0.5, 0.6) is 0 Å². The third-order valence-corrected chi connectivity index (χ3v) is 7.35. The molecule has 1 aliphatic carbocycles. The highest BCUT2D eigenvalue weighted by molar-refractivity contribution is 5.93. The van der Waals surface area contributed by atoms with Gasteiger partial charge in [-0.2, -0.15) is 0 Å². The number of carbonyl (C=O) groups excluding carboxylic acids is 1. The first-order valence-corrected chi connectivity index (χ1v) is 10.8. The number of benzene rings is 1. The summed E-state index contributed by atoms with van der Waals surface area (Å²) in [6.07, 6.45) is 1.27. The molecule has 2 atom stereocenters. The summed E-state index contributed by atoms with van der Waals surface area (Å²) in [6, 6.07) is 2.96. The Kier molecular flexibility index (Phi) is 3.81. The smallest absolute Gasteiger partial charge is 0.343 e. The van der Waals surface area contributed by atoms with E-state index in [-0.39, 0.29) is 41.6 Å². The lowest BCUT2D eigenvalue weighted by molar-refractivity contribution is -0.172. The fourth-order valence-corrected chi connectivity index (χ4v) is 5.56. The van der Waals surface area contributed by atoms with Crippen LogP contribution in [0, 0.1) is 12.7 Å². The van der Waals surface area contributed by atoms with Crippen molar-refractivity contribution in [3.05, 3.63) is 61.7 Å². The van der Waals surface area contributed by atoms with E-state index < -0.39 is 11.6 Å². The molecular formula is C24H22FN3O4. The fraction of sp³-hybridized carbons (Fsp3) is 0.375. The van der Waals surface area contributed by atoms with Gasteiger partial charge in [-0.1, -0.05) is 6.92 Å². The summed E-state index contributed by atoms with van der Waals surface area (Å²) in [5, 5.41) is 11.9. The number of esters is 1. The molecule has 1 unspecified atom stereocenters. The van der Waals surface area contributed by atoms with Crippen molar-refractivity contribution in [1.29, 1.82) is 0 Å². The largest absolute Gasteiger partial charge is 0.458 e. The van der Waals surface area contributed by atoms with E-state index in [2.05, 4.69) is 0 Å². The summed E-state index contributed by atoms with van der Waals surface area (Å²) >= 11 is 0. The van der Waals surface area contributed by atoms with E-state index in [0.29, 0.717) is 41.9 Å². The Bertz CT molecular complexity index is 1440. The minimum Gasteiger partial charge on any atom is -0.458 e. The normalized spacial score (nSPS) is 23.0. The van der Waals surface area contributed by atoms with Gasteiger partial charge in [0.25, 0.3) is 5.56 Å². The van der Waals surface area contributed by atoms with Gasteiger partial charge in [-0.25, -0.2) is 14.2 Å². The second-order valence-corrected chi connectivity index (χ2v) is 9.04. The van der Waals surface area contributed by atoms with Crippen molar-refractivity contribution in [1.82, 2.24) is 9.55 Å². The van der Waals surface area contributed by atoms with Gasteiger partial charge in [-0.3, -0.25) is 4.79 Å². The molecule has 1 aromatic carbocycles. The van der Waals surface area contributed by atoms with Gasteiger partial charge < -0.3 is 20.1 Å². The Morgan fingerprint density at radius 2 is 2.00 bits per heavy atom. The van der Waals surface area contributed by atoms with Crippen LogP contribution in [0.15, 0.2) is 16.9 Å². The van der Waals surface area contributed by atoms with Gasteiger partial charge in [0.1, 0.15) is 12.4 Å². The Morgan fingerprint density at radius 3 is 2.75 bits per heavy atom. The number of hydrogen-bond acceptors (Lipinski definition) is 6. The van der Waals surface area contributed by atoms with E-state index >= 15 is 0 Å². The molecule has 3 aliphatic rings. The number of cyclic esters (lactones) is 1. The summed E-state index contributed by atoms with van der Waals surface area (Å²) in [4.78, 5) is 30.5. The van der Waals surface area contributed by atoms with Crippen LogP contribution >= 0.6 is 0 Å². The van der Waals surface area contributed by atoms with E-state index in [9.17, 15) is 19.1 Å². The molecule has 0 amide bonds. The molecule has 8 heteroatoms. The van der Waals surface area contributed by atoms with Crippen LogP contribution in [0.2, 0.25) is 0 Å². The van der Waals surface area contributed by atoms with Crippen molar-refractivity contribution < 1.29 is 19.0 Å². The lowest BCUT2D eigenvalue weighted by atomic mass is 9.82. The van der Waals surface area contributed by atoms with Gasteiger partial charge in [0.15, 0.2) is 5.60 Å². The summed E-state index contributed by atoms with van der Waals surface area (Å²) in [5.41, 5.74) is 9.69. The maximum absolute atomic E-state index is 14.7. The molecule has 0 saturated heterocycles. The first-order valence-electron chi connectivity index (χ1n) is 10.8. The number of ether oxygens (including phenoxy) is 1. The quantitative estimate of drug-likeness (QED) is 0.443. The van der Waals surface area contributed by atoms with Crippen LogP contribution in [0.1, 0.15) is 46.7 Å². The number of aliphatic hydroxyl groups is 1. The number of fused-ring (bicyclic) bond motifs is 5. The topological polar surface area (TPSA) is 107 Å². The molecule has 3 aromatic rings. The second kappa shape index (κ2) is 6.24. The molecule has 4 heterocycles. The molecule has 0 fully saturated rings. The Labute approximate surface area is 182 Å². The number of halogens is 1. The molecule has 0 bridgehead atoms. The number of nitrogens with two attached hydrogens (primary N) is 1. The zero-order valence-electron chi connectivity index (χ0n) is 17.8. The number of nitrogens with zero attached hydrogens (tertiary/aromatic N) is 2. The van der Waals surface area contributed by atoms with Crippen molar-refractivity contribution in [3.8, 4) is 11.4 Å². The first kappa shape index (κ1) is 19.6. The predicted molar refractivity (Wildman–Crippen MR) is 115 cm³/mol. The minimum atomic E-state index is -1.88. The van der Waals surface area contributed by atoms with Gasteiger partial charge in [-0.05, 0) is 48.9 Å². The number of aromatic nitrogens is 2. The zero-order valence-corrected chi connectivity index (χ0v) is 17.8. The highest BCUT2D eigenvalue weighted by Crippen LogP contribution is 2.43. The molecule has 3 N–H and O–H groups in total. The van der Waals surface area contributed by atoms with Crippen molar-refractivity contribution in [3.63, 3.8) is 0 Å². The molecule has 0 spiro atoms. The maximum Gasteiger partial charge on any atom is 0.343 e. The SMILES string of the molecule is CC[C@@]1(O)C(=O)OCc2c1cc1n(c2=O)Cc2c-1nc1cc(F)c(C)c3c1c2CC(N)C3. The van der Waals surface area contributed by atoms with Gasteiger partial charge in [-0.15, -0.1) is 0 Å². The van der Waals surface area contributed by atoms with E-state index in [0.717, 1.165) is 22.1 Å². The lowest BCUT2D eigenvalue weighted by Crippen LogP contribution is -2.44. The van der Waals surface area contributed by atoms with Crippen LogP contribution in [0.4, 0.5) is 4.39 Å². The predicted octanol–water partition coefficient (Wildman–Crippen LogP) is 1.95. The molecule has 2 aliphatic heterocycles. The Hall–Kier alpha value is -3.10. The van der Waals surface area contributed by atoms with Crippen LogP contribution < -0.4 is 11.3 Å². The van der Waals surface area contributed by atoms with Gasteiger partial charge in [0.2, 0.25) is 0 Å². The number of hydrogen-bond donors (Lipinski definition) is 2. The Morgan fingerprint density at radius 1 is 1.25 bits per heavy atom. The summed E-state index contributed by atoms with van der Waals surface area (Å²) in [6.45, 7) is 3.57. The van der Waals surface area contributed by atoms with E-state index in [1.807, 2.05) is 0 Å². The third kappa shape index (κ3) is 2.28. The van der Waals surface area contributed by atoms with Crippen molar-refractivity contribution in [2.75, 3.05) is 0 Å². The summed E-state index contributed by atoms with van der Waals surface area (Å²) < 4.78 is 21.4. The van der Waals surface area contributed by atoms with E-state index in [1.165, 1.54) is 6.07 Å². The average Bonchev–Trinajstić information content (AvgIpc) is 3.14. The number of rotatable bonds is 1. The lowest BCUT2D eigenvalue weighted by Gasteiger charge is -2.31. The fourth-order valence-electron chi connectivity index (χ4n) is 5.56. The van der Waals surface area contributed by atoms with Crippen LogP contribution in [-0.2, 0) is 41.1 Å². The van der Waals surface area contributed by atoms with Crippen molar-refractivity contribution in [2.45, 2.75) is 57.9 Å². The molecule has 7 nitrogen and oxygen atoms in total. The monoisotopic (exact) mass is 435 g/mol. The second-order valence-electron chi connectivity index (χ2n) is 9.04. The summed E-state index contributed by atoms with van der Waals surface area (Å²) in [7, 11) is 0.